The van der Waals surface area contributed by atoms with Gasteiger partial charge in [-0.2, -0.15) is 0 Å². The molecule has 4 nitrogen and oxygen atoms in total. The summed E-state index contributed by atoms with van der Waals surface area (Å²) in [4.78, 5) is 25.4. The largest absolute Gasteiger partial charge is 0.345 e. The van der Waals surface area contributed by atoms with E-state index in [0.717, 1.165) is 0 Å². The number of carbonyl (C=O) groups is 2. The maximum absolute atomic E-state index is 12.2. The second-order valence-corrected chi connectivity index (χ2v) is 5.70. The molecule has 0 saturated carbocycles. The number of halogens is 2. The van der Waals surface area contributed by atoms with E-state index in [0.29, 0.717) is 21.8 Å². The minimum Gasteiger partial charge on any atom is -0.345 e. The molecule has 2 aromatic rings. The molecular weight excluding hydrogens is 323 g/mol. The summed E-state index contributed by atoms with van der Waals surface area (Å²) in [6.45, 7) is 0. The monoisotopic (exact) mass is 336 g/mol. The summed E-state index contributed by atoms with van der Waals surface area (Å²) in [7, 11) is 3.36. The second-order valence-electron chi connectivity index (χ2n) is 4.86. The lowest BCUT2D eigenvalue weighted by atomic mass is 10.1. The van der Waals surface area contributed by atoms with Crippen molar-refractivity contribution < 1.29 is 9.59 Å². The van der Waals surface area contributed by atoms with Crippen LogP contribution in [0.25, 0.3) is 0 Å². The molecule has 1 N–H and O–H groups in total. The van der Waals surface area contributed by atoms with Gasteiger partial charge < -0.3 is 10.2 Å². The molecule has 0 aromatic heterocycles. The van der Waals surface area contributed by atoms with Crippen molar-refractivity contribution in [1.82, 2.24) is 4.90 Å². The summed E-state index contributed by atoms with van der Waals surface area (Å²) in [6.07, 6.45) is 0. The van der Waals surface area contributed by atoms with Crippen LogP contribution in [0.2, 0.25) is 10.0 Å². The smallest absolute Gasteiger partial charge is 0.257 e. The third-order valence-corrected chi connectivity index (χ3v) is 3.52. The van der Waals surface area contributed by atoms with Gasteiger partial charge in [0.25, 0.3) is 11.8 Å². The molecule has 2 aromatic carbocycles. The van der Waals surface area contributed by atoms with Crippen LogP contribution in [0.3, 0.4) is 0 Å². The predicted octanol–water partition coefficient (Wildman–Crippen LogP) is 3.95. The van der Waals surface area contributed by atoms with Gasteiger partial charge in [-0.25, -0.2) is 0 Å². The Hall–Kier alpha value is -2.04. The molecule has 0 aliphatic heterocycles. The SMILES string of the molecule is CN(C)C(=O)c1ccc(NC(=O)c2ccc(Cl)cc2Cl)cc1. The fourth-order valence-electron chi connectivity index (χ4n) is 1.83. The van der Waals surface area contributed by atoms with E-state index >= 15 is 0 Å². The molecule has 0 bridgehead atoms. The van der Waals surface area contributed by atoms with E-state index in [9.17, 15) is 9.59 Å². The zero-order chi connectivity index (χ0) is 16.3. The summed E-state index contributed by atoms with van der Waals surface area (Å²) < 4.78 is 0. The van der Waals surface area contributed by atoms with Gasteiger partial charge in [-0.1, -0.05) is 23.2 Å². The van der Waals surface area contributed by atoms with E-state index in [2.05, 4.69) is 5.32 Å². The molecule has 0 fully saturated rings. The fourth-order valence-corrected chi connectivity index (χ4v) is 2.32. The molecule has 0 aliphatic rings. The molecule has 2 rings (SSSR count). The Morgan fingerprint density at radius 2 is 1.64 bits per heavy atom. The highest BCUT2D eigenvalue weighted by Crippen LogP contribution is 2.22. The van der Waals surface area contributed by atoms with Crippen LogP contribution in [0.15, 0.2) is 42.5 Å². The molecule has 0 aliphatic carbocycles. The van der Waals surface area contributed by atoms with Crippen LogP contribution < -0.4 is 5.32 Å². The Morgan fingerprint density at radius 3 is 2.18 bits per heavy atom. The van der Waals surface area contributed by atoms with Gasteiger partial charge in [0.05, 0.1) is 10.6 Å². The minimum atomic E-state index is -0.339. The van der Waals surface area contributed by atoms with E-state index in [1.54, 1.807) is 50.5 Å². The third-order valence-electron chi connectivity index (χ3n) is 2.97. The number of carbonyl (C=O) groups excluding carboxylic acids is 2. The quantitative estimate of drug-likeness (QED) is 0.922. The average molecular weight is 337 g/mol. The second kappa shape index (κ2) is 6.81. The summed E-state index contributed by atoms with van der Waals surface area (Å²) in [6, 6.07) is 11.3. The van der Waals surface area contributed by atoms with E-state index in [4.69, 9.17) is 23.2 Å². The van der Waals surface area contributed by atoms with E-state index in [-0.39, 0.29) is 16.8 Å². The van der Waals surface area contributed by atoms with Crippen molar-refractivity contribution in [3.8, 4) is 0 Å². The Labute approximate surface area is 138 Å². The number of nitrogens with zero attached hydrogens (tertiary/aromatic N) is 1. The van der Waals surface area contributed by atoms with Crippen molar-refractivity contribution in [1.29, 1.82) is 0 Å². The van der Waals surface area contributed by atoms with Crippen LogP contribution in [0.4, 0.5) is 5.69 Å². The van der Waals surface area contributed by atoms with Gasteiger partial charge in [-0.05, 0) is 42.5 Å². The Kier molecular flexibility index (Phi) is 5.06. The highest BCUT2D eigenvalue weighted by Gasteiger charge is 2.12. The lowest BCUT2D eigenvalue weighted by Gasteiger charge is -2.11. The lowest BCUT2D eigenvalue weighted by molar-refractivity contribution is 0.0827. The van der Waals surface area contributed by atoms with Crippen molar-refractivity contribution in [2.45, 2.75) is 0 Å². The summed E-state index contributed by atoms with van der Waals surface area (Å²) in [5.74, 6) is -0.438. The van der Waals surface area contributed by atoms with Gasteiger partial charge in [0, 0.05) is 30.4 Å². The van der Waals surface area contributed by atoms with Gasteiger partial charge in [0.15, 0.2) is 0 Å². The Bertz CT molecular complexity index is 713. The van der Waals surface area contributed by atoms with E-state index in [1.165, 1.54) is 11.0 Å². The summed E-state index contributed by atoms with van der Waals surface area (Å²) in [5, 5.41) is 3.47. The zero-order valence-corrected chi connectivity index (χ0v) is 13.6. The van der Waals surface area contributed by atoms with Crippen LogP contribution >= 0.6 is 23.2 Å². The van der Waals surface area contributed by atoms with Gasteiger partial charge in [-0.3, -0.25) is 9.59 Å². The van der Waals surface area contributed by atoms with Crippen LogP contribution in [0.5, 0.6) is 0 Å². The number of hydrogen-bond donors (Lipinski definition) is 1. The molecule has 2 amide bonds. The van der Waals surface area contributed by atoms with Crippen LogP contribution in [-0.4, -0.2) is 30.8 Å². The molecule has 114 valence electrons. The van der Waals surface area contributed by atoms with Crippen molar-refractivity contribution in [3.05, 3.63) is 63.6 Å². The number of rotatable bonds is 3. The number of hydrogen-bond acceptors (Lipinski definition) is 2. The lowest BCUT2D eigenvalue weighted by Crippen LogP contribution is -2.21. The van der Waals surface area contributed by atoms with Crippen molar-refractivity contribution in [2.24, 2.45) is 0 Å². The van der Waals surface area contributed by atoms with Gasteiger partial charge >= 0.3 is 0 Å². The summed E-state index contributed by atoms with van der Waals surface area (Å²) in [5.41, 5.74) is 1.46. The molecule has 0 unspecified atom stereocenters. The number of anilines is 1. The van der Waals surface area contributed by atoms with Crippen LogP contribution in [0, 0.1) is 0 Å². The van der Waals surface area contributed by atoms with Gasteiger partial charge in [0.2, 0.25) is 0 Å². The van der Waals surface area contributed by atoms with E-state index in [1.807, 2.05) is 0 Å². The maximum atomic E-state index is 12.2. The first-order valence-electron chi connectivity index (χ1n) is 6.46. The third kappa shape index (κ3) is 3.78. The zero-order valence-electron chi connectivity index (χ0n) is 12.1. The molecule has 0 atom stereocenters. The Balaban J connectivity index is 2.13. The van der Waals surface area contributed by atoms with Crippen LogP contribution in [0.1, 0.15) is 20.7 Å². The highest BCUT2D eigenvalue weighted by molar-refractivity contribution is 6.37. The average Bonchev–Trinajstić information content (AvgIpc) is 2.47. The van der Waals surface area contributed by atoms with Gasteiger partial charge in [-0.15, -0.1) is 0 Å². The van der Waals surface area contributed by atoms with Crippen LogP contribution in [-0.2, 0) is 0 Å². The highest BCUT2D eigenvalue weighted by atomic mass is 35.5. The standard InChI is InChI=1S/C16H14Cl2N2O2/c1-20(2)16(22)10-3-6-12(7-4-10)19-15(21)13-8-5-11(17)9-14(13)18/h3-9H,1-2H3,(H,19,21). The number of amides is 2. The number of benzene rings is 2. The first kappa shape index (κ1) is 16.3. The molecule has 0 radical (unpaired) electrons. The predicted molar refractivity (Wildman–Crippen MR) is 88.9 cm³/mol. The minimum absolute atomic E-state index is 0.0985. The first-order chi connectivity index (χ1) is 10.4. The topological polar surface area (TPSA) is 49.4 Å². The van der Waals surface area contributed by atoms with E-state index < -0.39 is 0 Å². The van der Waals surface area contributed by atoms with Crippen molar-refractivity contribution in [3.63, 3.8) is 0 Å². The fraction of sp³-hybridized carbons (Fsp3) is 0.125. The number of nitrogens with one attached hydrogen (secondary N) is 1. The molecule has 0 saturated heterocycles. The van der Waals surface area contributed by atoms with Crippen molar-refractivity contribution in [2.75, 3.05) is 19.4 Å². The molecule has 6 heteroatoms. The molecule has 22 heavy (non-hydrogen) atoms. The first-order valence-corrected chi connectivity index (χ1v) is 7.22. The van der Waals surface area contributed by atoms with Crippen molar-refractivity contribution >= 4 is 40.7 Å². The Morgan fingerprint density at radius 1 is 1.00 bits per heavy atom. The normalized spacial score (nSPS) is 10.2. The molecular formula is C16H14Cl2N2O2. The molecule has 0 heterocycles. The molecule has 0 spiro atoms. The maximum Gasteiger partial charge on any atom is 0.257 e. The van der Waals surface area contributed by atoms with Gasteiger partial charge in [0.1, 0.15) is 0 Å². The summed E-state index contributed by atoms with van der Waals surface area (Å²) >= 11 is 11.8.